The van der Waals surface area contributed by atoms with Crippen LogP contribution in [0.3, 0.4) is 0 Å². The Bertz CT molecular complexity index is 778. The molecular weight excluding hydrogens is 328 g/mol. The zero-order valence-electron chi connectivity index (χ0n) is 15.0. The van der Waals surface area contributed by atoms with Gasteiger partial charge in [0.05, 0.1) is 19.3 Å². The average Bonchev–Trinajstić information content (AvgIpc) is 3.24. The molecule has 1 aromatic heterocycles. The van der Waals surface area contributed by atoms with Gasteiger partial charge in [0.15, 0.2) is 0 Å². The summed E-state index contributed by atoms with van der Waals surface area (Å²) in [4.78, 5) is 19.3. The fraction of sp³-hybridized carbons (Fsp3) is 0.429. The second-order valence-corrected chi connectivity index (χ2v) is 7.44. The lowest BCUT2D eigenvalue weighted by atomic mass is 9.70. The van der Waals surface area contributed by atoms with Crippen LogP contribution in [0, 0.1) is 5.41 Å². The first-order chi connectivity index (χ1) is 12.7. The Hall–Kier alpha value is -2.40. The Labute approximate surface area is 153 Å². The highest BCUT2D eigenvalue weighted by molar-refractivity contribution is 5.95. The van der Waals surface area contributed by atoms with Crippen LogP contribution in [0.5, 0.6) is 5.88 Å². The van der Waals surface area contributed by atoms with Gasteiger partial charge in [-0.3, -0.25) is 4.79 Å². The summed E-state index contributed by atoms with van der Waals surface area (Å²) in [6.07, 6.45) is 5.20. The van der Waals surface area contributed by atoms with Gasteiger partial charge in [-0.25, -0.2) is 4.98 Å². The zero-order chi connectivity index (χ0) is 18.1. The first-order valence-corrected chi connectivity index (χ1v) is 9.14. The predicted octanol–water partition coefficient (Wildman–Crippen LogP) is 2.69. The van der Waals surface area contributed by atoms with Crippen molar-refractivity contribution in [2.24, 2.45) is 5.41 Å². The van der Waals surface area contributed by atoms with E-state index >= 15 is 0 Å². The number of aliphatic hydroxyl groups is 1. The standard InChI is InChI=1S/C21H24N2O3/c1-26-19-10-7-16(13-22-19)20(25)23-17-8-9-18(23)21(12-17,14-24)11-15-5-3-2-4-6-15/h2-7,10,13,17-18,24H,8-9,11-12,14H2,1H3/t17-,18+,21-/m0/s1. The molecule has 2 bridgehead atoms. The van der Waals surface area contributed by atoms with Crippen molar-refractivity contribution in [1.29, 1.82) is 0 Å². The molecule has 26 heavy (non-hydrogen) atoms. The normalized spacial score (nSPS) is 26.9. The van der Waals surface area contributed by atoms with Crippen LogP contribution >= 0.6 is 0 Å². The van der Waals surface area contributed by atoms with E-state index in [-0.39, 0.29) is 30.0 Å². The largest absolute Gasteiger partial charge is 0.481 e. The van der Waals surface area contributed by atoms with Crippen LogP contribution in [-0.4, -0.2) is 46.7 Å². The Morgan fingerprint density at radius 3 is 2.73 bits per heavy atom. The molecule has 0 aliphatic carbocycles. The molecule has 136 valence electrons. The molecule has 2 fully saturated rings. The summed E-state index contributed by atoms with van der Waals surface area (Å²) in [7, 11) is 1.56. The van der Waals surface area contributed by atoms with E-state index in [9.17, 15) is 9.90 Å². The lowest BCUT2D eigenvalue weighted by Gasteiger charge is -2.36. The van der Waals surface area contributed by atoms with Crippen LogP contribution in [-0.2, 0) is 6.42 Å². The smallest absolute Gasteiger partial charge is 0.255 e. The molecule has 3 atom stereocenters. The fourth-order valence-electron chi connectivity index (χ4n) is 4.79. The van der Waals surface area contributed by atoms with Crippen molar-refractivity contribution in [2.45, 2.75) is 37.8 Å². The molecule has 2 aliphatic heterocycles. The number of nitrogens with zero attached hydrogens (tertiary/aromatic N) is 2. The Kier molecular flexibility index (Phi) is 4.41. The SMILES string of the molecule is COc1ccc(C(=O)N2[C@H]3CC[C@@H]2[C@@](CO)(Cc2ccccc2)C3)cn1. The van der Waals surface area contributed by atoms with Gasteiger partial charge in [0, 0.05) is 29.8 Å². The summed E-state index contributed by atoms with van der Waals surface area (Å²) in [5.41, 5.74) is 1.54. The molecule has 0 spiro atoms. The number of fused-ring (bicyclic) bond motifs is 2. The first kappa shape index (κ1) is 17.0. The van der Waals surface area contributed by atoms with E-state index in [1.807, 2.05) is 23.1 Å². The minimum atomic E-state index is -0.250. The number of hydrogen-bond donors (Lipinski definition) is 1. The van der Waals surface area contributed by atoms with Gasteiger partial charge in [0.2, 0.25) is 5.88 Å². The highest BCUT2D eigenvalue weighted by Gasteiger charge is 2.57. The Balaban J connectivity index is 1.59. The topological polar surface area (TPSA) is 62.7 Å². The van der Waals surface area contributed by atoms with Crippen LogP contribution in [0.1, 0.15) is 35.2 Å². The summed E-state index contributed by atoms with van der Waals surface area (Å²) in [5, 5.41) is 10.3. The molecule has 2 aromatic rings. The monoisotopic (exact) mass is 352 g/mol. The van der Waals surface area contributed by atoms with E-state index in [0.717, 1.165) is 25.7 Å². The number of carbonyl (C=O) groups excluding carboxylic acids is 1. The summed E-state index contributed by atoms with van der Waals surface area (Å²) in [5.74, 6) is 0.510. The lowest BCUT2D eigenvalue weighted by molar-refractivity contribution is 0.0571. The van der Waals surface area contributed by atoms with E-state index in [2.05, 4.69) is 17.1 Å². The van der Waals surface area contributed by atoms with Crippen LogP contribution in [0.25, 0.3) is 0 Å². The second-order valence-electron chi connectivity index (χ2n) is 7.44. The van der Waals surface area contributed by atoms with Crippen LogP contribution in [0.2, 0.25) is 0 Å². The molecule has 4 rings (SSSR count). The van der Waals surface area contributed by atoms with Gasteiger partial charge in [0.25, 0.3) is 5.91 Å². The zero-order valence-corrected chi connectivity index (χ0v) is 15.0. The van der Waals surface area contributed by atoms with Gasteiger partial charge in [-0.2, -0.15) is 0 Å². The summed E-state index contributed by atoms with van der Waals surface area (Å²) in [6, 6.07) is 14.0. The number of aliphatic hydroxyl groups excluding tert-OH is 1. The van der Waals surface area contributed by atoms with E-state index in [0.29, 0.717) is 11.4 Å². The fourth-order valence-corrected chi connectivity index (χ4v) is 4.79. The van der Waals surface area contributed by atoms with Gasteiger partial charge in [-0.1, -0.05) is 30.3 Å². The number of ether oxygens (including phenoxy) is 1. The summed E-state index contributed by atoms with van der Waals surface area (Å²) >= 11 is 0. The predicted molar refractivity (Wildman–Crippen MR) is 98.1 cm³/mol. The quantitative estimate of drug-likeness (QED) is 0.899. The third kappa shape index (κ3) is 2.76. The lowest BCUT2D eigenvalue weighted by Crippen LogP contribution is -2.44. The van der Waals surface area contributed by atoms with Crippen molar-refractivity contribution in [1.82, 2.24) is 9.88 Å². The van der Waals surface area contributed by atoms with Crippen molar-refractivity contribution in [3.8, 4) is 5.88 Å². The molecular formula is C21H24N2O3. The third-order valence-corrected chi connectivity index (χ3v) is 5.99. The van der Waals surface area contributed by atoms with Gasteiger partial charge in [-0.15, -0.1) is 0 Å². The van der Waals surface area contributed by atoms with Crippen LogP contribution in [0.15, 0.2) is 48.7 Å². The number of pyridine rings is 1. The molecule has 5 heteroatoms. The van der Waals surface area contributed by atoms with Crippen LogP contribution < -0.4 is 4.74 Å². The van der Waals surface area contributed by atoms with Gasteiger partial charge >= 0.3 is 0 Å². The summed E-state index contributed by atoms with van der Waals surface area (Å²) in [6.45, 7) is 0.105. The highest BCUT2D eigenvalue weighted by Crippen LogP contribution is 2.51. The van der Waals surface area contributed by atoms with E-state index in [1.165, 1.54) is 5.56 Å². The molecule has 1 amide bonds. The molecule has 0 unspecified atom stereocenters. The van der Waals surface area contributed by atoms with Gasteiger partial charge < -0.3 is 14.7 Å². The molecule has 5 nitrogen and oxygen atoms in total. The van der Waals surface area contributed by atoms with Crippen molar-refractivity contribution < 1.29 is 14.6 Å². The second kappa shape index (κ2) is 6.72. The Morgan fingerprint density at radius 2 is 2.08 bits per heavy atom. The van der Waals surface area contributed by atoms with Gasteiger partial charge in [-0.05, 0) is 37.3 Å². The highest BCUT2D eigenvalue weighted by atomic mass is 16.5. The van der Waals surface area contributed by atoms with E-state index in [4.69, 9.17) is 4.74 Å². The average molecular weight is 352 g/mol. The van der Waals surface area contributed by atoms with Crippen LogP contribution in [0.4, 0.5) is 0 Å². The molecule has 2 aliphatic rings. The van der Waals surface area contributed by atoms with Crippen molar-refractivity contribution >= 4 is 5.91 Å². The summed E-state index contributed by atoms with van der Waals surface area (Å²) < 4.78 is 5.08. The maximum absolute atomic E-state index is 13.1. The Morgan fingerprint density at radius 1 is 1.27 bits per heavy atom. The molecule has 3 heterocycles. The maximum atomic E-state index is 13.1. The van der Waals surface area contributed by atoms with Crippen molar-refractivity contribution in [2.75, 3.05) is 13.7 Å². The number of methoxy groups -OCH3 is 1. The molecule has 1 aromatic carbocycles. The molecule has 0 radical (unpaired) electrons. The number of benzene rings is 1. The number of carbonyl (C=O) groups is 1. The molecule has 2 saturated heterocycles. The van der Waals surface area contributed by atoms with E-state index < -0.39 is 0 Å². The minimum Gasteiger partial charge on any atom is -0.481 e. The number of amides is 1. The van der Waals surface area contributed by atoms with Gasteiger partial charge in [0.1, 0.15) is 0 Å². The van der Waals surface area contributed by atoms with E-state index in [1.54, 1.807) is 25.4 Å². The molecule has 0 saturated carbocycles. The third-order valence-electron chi connectivity index (χ3n) is 5.99. The maximum Gasteiger partial charge on any atom is 0.255 e. The first-order valence-electron chi connectivity index (χ1n) is 9.14. The number of hydrogen-bond acceptors (Lipinski definition) is 4. The van der Waals surface area contributed by atoms with Crippen molar-refractivity contribution in [3.63, 3.8) is 0 Å². The number of aromatic nitrogens is 1. The molecule has 1 N–H and O–H groups in total. The van der Waals surface area contributed by atoms with Crippen molar-refractivity contribution in [3.05, 3.63) is 59.8 Å². The number of rotatable bonds is 5. The minimum absolute atomic E-state index is 0.0102.